The average Bonchev–Trinajstić information content (AvgIpc) is 2.33. The van der Waals surface area contributed by atoms with Crippen LogP contribution >= 0.6 is 11.6 Å². The molecule has 0 radical (unpaired) electrons. The molecule has 1 aromatic rings. The summed E-state index contributed by atoms with van der Waals surface area (Å²) in [5.74, 6) is 1.13. The molecular weight excluding hydrogens is 246 g/mol. The van der Waals surface area contributed by atoms with Crippen LogP contribution < -0.4 is 5.32 Å². The highest BCUT2D eigenvalue weighted by molar-refractivity contribution is 6.31. The molecule has 1 rings (SSSR count). The second-order valence-corrected chi connectivity index (χ2v) is 5.45. The summed E-state index contributed by atoms with van der Waals surface area (Å²) in [7, 11) is 1.72. The number of methoxy groups -OCH3 is 1. The van der Waals surface area contributed by atoms with Crippen LogP contribution in [-0.2, 0) is 4.74 Å². The SMILES string of the molecule is COCCNCC(CC(C)C)c1ccccc1Cl. The maximum atomic E-state index is 6.29. The molecule has 102 valence electrons. The van der Waals surface area contributed by atoms with Crippen LogP contribution in [0.25, 0.3) is 0 Å². The second kappa shape index (κ2) is 8.52. The number of ether oxygens (including phenoxy) is 1. The molecule has 1 N–H and O–H groups in total. The largest absolute Gasteiger partial charge is 0.383 e. The van der Waals surface area contributed by atoms with E-state index in [1.807, 2.05) is 12.1 Å². The molecule has 3 heteroatoms. The van der Waals surface area contributed by atoms with Crippen molar-refractivity contribution in [3.05, 3.63) is 34.9 Å². The van der Waals surface area contributed by atoms with E-state index >= 15 is 0 Å². The first kappa shape index (κ1) is 15.5. The zero-order valence-electron chi connectivity index (χ0n) is 11.6. The van der Waals surface area contributed by atoms with Crippen LogP contribution in [0.2, 0.25) is 5.02 Å². The van der Waals surface area contributed by atoms with Gasteiger partial charge in [-0.15, -0.1) is 0 Å². The molecule has 1 aromatic carbocycles. The molecule has 0 bridgehead atoms. The van der Waals surface area contributed by atoms with Gasteiger partial charge in [-0.1, -0.05) is 43.6 Å². The monoisotopic (exact) mass is 269 g/mol. The van der Waals surface area contributed by atoms with Crippen LogP contribution in [0.15, 0.2) is 24.3 Å². The lowest BCUT2D eigenvalue weighted by molar-refractivity contribution is 0.198. The average molecular weight is 270 g/mol. The molecule has 0 aliphatic rings. The molecule has 0 heterocycles. The number of benzene rings is 1. The van der Waals surface area contributed by atoms with Gasteiger partial charge in [-0.25, -0.2) is 0 Å². The molecular formula is C15H24ClNO. The second-order valence-electron chi connectivity index (χ2n) is 5.04. The Balaban J connectivity index is 2.63. The third-order valence-corrected chi connectivity index (χ3v) is 3.32. The Morgan fingerprint density at radius 3 is 2.61 bits per heavy atom. The number of hydrogen-bond donors (Lipinski definition) is 1. The molecule has 0 saturated carbocycles. The summed E-state index contributed by atoms with van der Waals surface area (Å²) in [6, 6.07) is 8.15. The molecule has 0 aromatic heterocycles. The molecule has 0 aliphatic carbocycles. The molecule has 0 spiro atoms. The van der Waals surface area contributed by atoms with Crippen LogP contribution in [0.3, 0.4) is 0 Å². The van der Waals surface area contributed by atoms with Crippen LogP contribution in [0.1, 0.15) is 31.7 Å². The van der Waals surface area contributed by atoms with Crippen molar-refractivity contribution in [2.75, 3.05) is 26.8 Å². The lowest BCUT2D eigenvalue weighted by Gasteiger charge is -2.21. The fourth-order valence-electron chi connectivity index (χ4n) is 2.15. The quantitative estimate of drug-likeness (QED) is 0.727. The zero-order valence-corrected chi connectivity index (χ0v) is 12.3. The lowest BCUT2D eigenvalue weighted by Crippen LogP contribution is -2.26. The van der Waals surface area contributed by atoms with Crippen molar-refractivity contribution >= 4 is 11.6 Å². The predicted octanol–water partition coefficient (Wildman–Crippen LogP) is 3.71. The number of nitrogens with one attached hydrogen (secondary N) is 1. The molecule has 1 atom stereocenters. The lowest BCUT2D eigenvalue weighted by atomic mass is 9.90. The summed E-state index contributed by atoms with van der Waals surface area (Å²) < 4.78 is 5.05. The van der Waals surface area contributed by atoms with E-state index in [0.717, 1.165) is 31.1 Å². The Hall–Kier alpha value is -0.570. The van der Waals surface area contributed by atoms with Gasteiger partial charge in [0.1, 0.15) is 0 Å². The minimum Gasteiger partial charge on any atom is -0.383 e. The van der Waals surface area contributed by atoms with Crippen molar-refractivity contribution < 1.29 is 4.74 Å². The van der Waals surface area contributed by atoms with Gasteiger partial charge in [-0.2, -0.15) is 0 Å². The summed E-state index contributed by atoms with van der Waals surface area (Å²) in [6.45, 7) is 7.08. The standard InChI is InChI=1S/C15H24ClNO/c1-12(2)10-13(11-17-8-9-18-3)14-6-4-5-7-15(14)16/h4-7,12-13,17H,8-11H2,1-3H3. The van der Waals surface area contributed by atoms with E-state index in [1.165, 1.54) is 5.56 Å². The number of hydrogen-bond acceptors (Lipinski definition) is 2. The van der Waals surface area contributed by atoms with E-state index in [1.54, 1.807) is 7.11 Å². The molecule has 0 saturated heterocycles. The predicted molar refractivity (Wildman–Crippen MR) is 78.4 cm³/mol. The fraction of sp³-hybridized carbons (Fsp3) is 0.600. The number of halogens is 1. The highest BCUT2D eigenvalue weighted by Crippen LogP contribution is 2.28. The minimum absolute atomic E-state index is 0.468. The summed E-state index contributed by atoms with van der Waals surface area (Å²) >= 11 is 6.29. The van der Waals surface area contributed by atoms with E-state index in [-0.39, 0.29) is 0 Å². The van der Waals surface area contributed by atoms with Gasteiger partial charge in [0, 0.05) is 25.2 Å². The van der Waals surface area contributed by atoms with Gasteiger partial charge >= 0.3 is 0 Å². The van der Waals surface area contributed by atoms with Crippen molar-refractivity contribution in [1.29, 1.82) is 0 Å². The molecule has 0 amide bonds. The highest BCUT2D eigenvalue weighted by Gasteiger charge is 2.15. The van der Waals surface area contributed by atoms with Gasteiger partial charge < -0.3 is 10.1 Å². The normalized spacial score (nSPS) is 12.9. The van der Waals surface area contributed by atoms with Crippen LogP contribution in [0.5, 0.6) is 0 Å². The topological polar surface area (TPSA) is 21.3 Å². The summed E-state index contributed by atoms with van der Waals surface area (Å²) in [6.07, 6.45) is 1.14. The number of rotatable bonds is 8. The van der Waals surface area contributed by atoms with Crippen LogP contribution in [-0.4, -0.2) is 26.8 Å². The van der Waals surface area contributed by atoms with Crippen molar-refractivity contribution in [3.63, 3.8) is 0 Å². The third kappa shape index (κ3) is 5.38. The van der Waals surface area contributed by atoms with Crippen LogP contribution in [0, 0.1) is 5.92 Å². The van der Waals surface area contributed by atoms with Gasteiger partial charge in [0.25, 0.3) is 0 Å². The zero-order chi connectivity index (χ0) is 13.4. The van der Waals surface area contributed by atoms with Gasteiger partial charge in [-0.05, 0) is 29.9 Å². The van der Waals surface area contributed by atoms with Crippen LogP contribution in [0.4, 0.5) is 0 Å². The van der Waals surface area contributed by atoms with E-state index in [0.29, 0.717) is 11.8 Å². The Bertz CT molecular complexity index is 341. The molecule has 2 nitrogen and oxygen atoms in total. The Kier molecular flexibility index (Phi) is 7.33. The first-order valence-electron chi connectivity index (χ1n) is 6.59. The van der Waals surface area contributed by atoms with E-state index < -0.39 is 0 Å². The Labute approximate surface area is 116 Å². The smallest absolute Gasteiger partial charge is 0.0587 e. The van der Waals surface area contributed by atoms with Gasteiger partial charge in [-0.3, -0.25) is 0 Å². The summed E-state index contributed by atoms with van der Waals surface area (Å²) in [5.41, 5.74) is 1.25. The third-order valence-electron chi connectivity index (χ3n) is 2.97. The van der Waals surface area contributed by atoms with Crippen molar-refractivity contribution in [2.45, 2.75) is 26.2 Å². The van der Waals surface area contributed by atoms with Gasteiger partial charge in [0.15, 0.2) is 0 Å². The molecule has 18 heavy (non-hydrogen) atoms. The molecule has 0 fully saturated rings. The fourth-order valence-corrected chi connectivity index (χ4v) is 2.44. The minimum atomic E-state index is 0.468. The van der Waals surface area contributed by atoms with Crippen molar-refractivity contribution in [2.24, 2.45) is 5.92 Å². The first-order valence-corrected chi connectivity index (χ1v) is 6.97. The van der Waals surface area contributed by atoms with E-state index in [2.05, 4.69) is 31.3 Å². The van der Waals surface area contributed by atoms with E-state index in [4.69, 9.17) is 16.3 Å². The van der Waals surface area contributed by atoms with Gasteiger partial charge in [0.05, 0.1) is 6.61 Å². The van der Waals surface area contributed by atoms with E-state index in [9.17, 15) is 0 Å². The Morgan fingerprint density at radius 2 is 2.00 bits per heavy atom. The molecule has 0 aliphatic heterocycles. The Morgan fingerprint density at radius 1 is 1.28 bits per heavy atom. The first-order chi connectivity index (χ1) is 8.65. The maximum Gasteiger partial charge on any atom is 0.0587 e. The van der Waals surface area contributed by atoms with Crippen molar-refractivity contribution in [3.8, 4) is 0 Å². The maximum absolute atomic E-state index is 6.29. The highest BCUT2D eigenvalue weighted by atomic mass is 35.5. The van der Waals surface area contributed by atoms with Gasteiger partial charge in [0.2, 0.25) is 0 Å². The van der Waals surface area contributed by atoms with Crippen molar-refractivity contribution in [1.82, 2.24) is 5.32 Å². The summed E-state index contributed by atoms with van der Waals surface area (Å²) in [5, 5.41) is 4.31. The summed E-state index contributed by atoms with van der Waals surface area (Å²) in [4.78, 5) is 0. The molecule has 1 unspecified atom stereocenters.